The molecule has 1 heteroatoms. The third-order valence-corrected chi connectivity index (χ3v) is 4.05. The molecule has 0 bridgehead atoms. The van der Waals surface area contributed by atoms with E-state index >= 15 is 0 Å². The molecule has 1 aliphatic carbocycles. The quantitative estimate of drug-likeness (QED) is 0.829. The average molecular weight is 231 g/mol. The maximum Gasteiger partial charge on any atom is 0.0210 e. The molecule has 0 atom stereocenters. The van der Waals surface area contributed by atoms with E-state index in [1.807, 2.05) is 0 Å². The summed E-state index contributed by atoms with van der Waals surface area (Å²) < 4.78 is 0. The summed E-state index contributed by atoms with van der Waals surface area (Å²) in [5.41, 5.74) is 5.73. The minimum absolute atomic E-state index is 0.932. The number of aryl methyl sites for hydroxylation is 3. The third-order valence-electron chi connectivity index (χ3n) is 4.05. The fourth-order valence-corrected chi connectivity index (χ4v) is 3.10. The summed E-state index contributed by atoms with van der Waals surface area (Å²) in [5, 5.41) is 3.64. The van der Waals surface area contributed by atoms with Crippen molar-refractivity contribution in [3.05, 3.63) is 34.4 Å². The number of benzene rings is 1. The van der Waals surface area contributed by atoms with Gasteiger partial charge in [-0.3, -0.25) is 0 Å². The van der Waals surface area contributed by atoms with Gasteiger partial charge in [-0.25, -0.2) is 0 Å². The smallest absolute Gasteiger partial charge is 0.0210 e. The highest BCUT2D eigenvalue weighted by molar-refractivity contribution is 5.37. The summed E-state index contributed by atoms with van der Waals surface area (Å²) >= 11 is 0. The summed E-state index contributed by atoms with van der Waals surface area (Å²) in [4.78, 5) is 0. The second-order valence-corrected chi connectivity index (χ2v) is 5.66. The van der Waals surface area contributed by atoms with Gasteiger partial charge < -0.3 is 5.32 Å². The molecule has 94 valence electrons. The van der Waals surface area contributed by atoms with E-state index in [0.29, 0.717) is 0 Å². The molecule has 2 rings (SSSR count). The van der Waals surface area contributed by atoms with Crippen molar-refractivity contribution in [2.24, 2.45) is 5.92 Å². The first-order valence-corrected chi connectivity index (χ1v) is 6.94. The molecule has 1 fully saturated rings. The normalized spacial score (nSPS) is 16.6. The molecular weight excluding hydrogens is 206 g/mol. The standard InChI is InChI=1S/C16H25N/c1-12-8-13(2)16(14(3)9-12)11-17-10-15-6-4-5-7-15/h8-9,15,17H,4-7,10-11H2,1-3H3. The molecule has 0 aromatic heterocycles. The Kier molecular flexibility index (Phi) is 4.22. The second-order valence-electron chi connectivity index (χ2n) is 5.66. The topological polar surface area (TPSA) is 12.0 Å². The Morgan fingerprint density at radius 3 is 2.24 bits per heavy atom. The van der Waals surface area contributed by atoms with E-state index < -0.39 is 0 Å². The molecule has 0 amide bonds. The van der Waals surface area contributed by atoms with Crippen molar-refractivity contribution >= 4 is 0 Å². The summed E-state index contributed by atoms with van der Waals surface area (Å²) in [6.07, 6.45) is 5.74. The molecule has 0 saturated heterocycles. The van der Waals surface area contributed by atoms with Crippen LogP contribution in [0.25, 0.3) is 0 Å². The van der Waals surface area contributed by atoms with E-state index in [4.69, 9.17) is 0 Å². The minimum Gasteiger partial charge on any atom is -0.312 e. The van der Waals surface area contributed by atoms with Crippen LogP contribution >= 0.6 is 0 Å². The van der Waals surface area contributed by atoms with Gasteiger partial charge in [0.2, 0.25) is 0 Å². The van der Waals surface area contributed by atoms with Crippen LogP contribution in [0, 0.1) is 26.7 Å². The lowest BCUT2D eigenvalue weighted by Gasteiger charge is -2.14. The van der Waals surface area contributed by atoms with E-state index in [1.165, 1.54) is 54.5 Å². The zero-order valence-electron chi connectivity index (χ0n) is 11.5. The number of nitrogens with one attached hydrogen (secondary N) is 1. The van der Waals surface area contributed by atoms with E-state index in [0.717, 1.165) is 12.5 Å². The van der Waals surface area contributed by atoms with Crippen molar-refractivity contribution in [1.82, 2.24) is 5.32 Å². The molecule has 0 unspecified atom stereocenters. The van der Waals surface area contributed by atoms with Crippen LogP contribution in [0.1, 0.15) is 47.9 Å². The van der Waals surface area contributed by atoms with Gasteiger partial charge in [0, 0.05) is 6.54 Å². The minimum atomic E-state index is 0.932. The van der Waals surface area contributed by atoms with Crippen molar-refractivity contribution in [3.8, 4) is 0 Å². The Morgan fingerprint density at radius 1 is 1.06 bits per heavy atom. The molecular formula is C16H25N. The van der Waals surface area contributed by atoms with Crippen LogP contribution in [-0.4, -0.2) is 6.54 Å². The maximum atomic E-state index is 3.64. The van der Waals surface area contributed by atoms with Gasteiger partial charge in [0.1, 0.15) is 0 Å². The van der Waals surface area contributed by atoms with Crippen LogP contribution < -0.4 is 5.32 Å². The first kappa shape index (κ1) is 12.6. The Hall–Kier alpha value is -0.820. The van der Waals surface area contributed by atoms with E-state index in [-0.39, 0.29) is 0 Å². The lowest BCUT2D eigenvalue weighted by atomic mass is 9.99. The van der Waals surface area contributed by atoms with Gasteiger partial charge in [-0.2, -0.15) is 0 Å². The molecule has 1 aromatic carbocycles. The maximum absolute atomic E-state index is 3.64. The lowest BCUT2D eigenvalue weighted by molar-refractivity contribution is 0.488. The monoisotopic (exact) mass is 231 g/mol. The molecule has 0 spiro atoms. The SMILES string of the molecule is Cc1cc(C)c(CNCC2CCCC2)c(C)c1. The van der Waals surface area contributed by atoms with Gasteiger partial charge in [-0.15, -0.1) is 0 Å². The zero-order chi connectivity index (χ0) is 12.3. The van der Waals surface area contributed by atoms with Crippen LogP contribution in [0.3, 0.4) is 0 Å². The van der Waals surface area contributed by atoms with E-state index in [9.17, 15) is 0 Å². The predicted octanol–water partition coefficient (Wildman–Crippen LogP) is 3.89. The predicted molar refractivity (Wildman–Crippen MR) is 74.3 cm³/mol. The van der Waals surface area contributed by atoms with Crippen LogP contribution in [0.4, 0.5) is 0 Å². The van der Waals surface area contributed by atoms with Gasteiger partial charge in [0.05, 0.1) is 0 Å². The fraction of sp³-hybridized carbons (Fsp3) is 0.625. The third kappa shape index (κ3) is 3.32. The highest BCUT2D eigenvalue weighted by atomic mass is 14.9. The van der Waals surface area contributed by atoms with Gasteiger partial charge in [-0.05, 0) is 62.8 Å². The van der Waals surface area contributed by atoms with Crippen LogP contribution in [-0.2, 0) is 6.54 Å². The lowest BCUT2D eigenvalue weighted by Crippen LogP contribution is -2.21. The van der Waals surface area contributed by atoms with Crippen LogP contribution in [0.2, 0.25) is 0 Å². The molecule has 17 heavy (non-hydrogen) atoms. The van der Waals surface area contributed by atoms with E-state index in [1.54, 1.807) is 0 Å². The molecule has 1 aromatic rings. The molecule has 1 N–H and O–H groups in total. The molecule has 1 saturated carbocycles. The van der Waals surface area contributed by atoms with Crippen LogP contribution in [0.15, 0.2) is 12.1 Å². The second kappa shape index (κ2) is 5.68. The van der Waals surface area contributed by atoms with Gasteiger partial charge in [0.15, 0.2) is 0 Å². The molecule has 0 radical (unpaired) electrons. The highest BCUT2D eigenvalue weighted by Gasteiger charge is 2.14. The Morgan fingerprint density at radius 2 is 1.65 bits per heavy atom. The number of rotatable bonds is 4. The molecule has 0 heterocycles. The average Bonchev–Trinajstić information content (AvgIpc) is 2.74. The first-order valence-electron chi connectivity index (χ1n) is 6.94. The van der Waals surface area contributed by atoms with Crippen molar-refractivity contribution < 1.29 is 0 Å². The first-order chi connectivity index (χ1) is 8.16. The van der Waals surface area contributed by atoms with Gasteiger partial charge >= 0.3 is 0 Å². The molecule has 1 nitrogen and oxygen atoms in total. The van der Waals surface area contributed by atoms with Gasteiger partial charge in [0.25, 0.3) is 0 Å². The Bertz CT molecular complexity index is 352. The fourth-order valence-electron chi connectivity index (χ4n) is 3.10. The highest BCUT2D eigenvalue weighted by Crippen LogP contribution is 2.24. The number of hydrogen-bond donors (Lipinski definition) is 1. The van der Waals surface area contributed by atoms with Crippen molar-refractivity contribution in [3.63, 3.8) is 0 Å². The summed E-state index contributed by atoms with van der Waals surface area (Å²) in [7, 11) is 0. The number of hydrogen-bond acceptors (Lipinski definition) is 1. The Labute approximate surface area is 106 Å². The Balaban J connectivity index is 1.89. The summed E-state index contributed by atoms with van der Waals surface area (Å²) in [6, 6.07) is 4.58. The summed E-state index contributed by atoms with van der Waals surface area (Å²) in [5.74, 6) is 0.932. The van der Waals surface area contributed by atoms with Crippen molar-refractivity contribution in [2.45, 2.75) is 53.0 Å². The summed E-state index contributed by atoms with van der Waals surface area (Å²) in [6.45, 7) is 8.87. The van der Waals surface area contributed by atoms with Gasteiger partial charge in [-0.1, -0.05) is 30.5 Å². The molecule has 1 aliphatic rings. The van der Waals surface area contributed by atoms with Crippen LogP contribution in [0.5, 0.6) is 0 Å². The largest absolute Gasteiger partial charge is 0.312 e. The molecule has 0 aliphatic heterocycles. The zero-order valence-corrected chi connectivity index (χ0v) is 11.5. The van der Waals surface area contributed by atoms with Crippen molar-refractivity contribution in [1.29, 1.82) is 0 Å². The van der Waals surface area contributed by atoms with Crippen molar-refractivity contribution in [2.75, 3.05) is 6.54 Å². The van der Waals surface area contributed by atoms with E-state index in [2.05, 4.69) is 38.2 Å².